The summed E-state index contributed by atoms with van der Waals surface area (Å²) >= 11 is 0. The van der Waals surface area contributed by atoms with Gasteiger partial charge < -0.3 is 10.4 Å². The van der Waals surface area contributed by atoms with Crippen molar-refractivity contribution in [1.82, 2.24) is 0 Å². The van der Waals surface area contributed by atoms with Crippen molar-refractivity contribution in [3.8, 4) is 5.75 Å². The Morgan fingerprint density at radius 1 is 0.909 bits per heavy atom. The molecule has 0 saturated heterocycles. The van der Waals surface area contributed by atoms with E-state index in [2.05, 4.69) is 76.3 Å². The molecule has 2 aromatic carbocycles. The van der Waals surface area contributed by atoms with E-state index in [9.17, 15) is 5.11 Å². The normalized spacial score (nSPS) is 11.4. The summed E-state index contributed by atoms with van der Waals surface area (Å²) in [7, 11) is 0. The van der Waals surface area contributed by atoms with E-state index >= 15 is 0 Å². The second kappa shape index (κ2) is 6.97. The third-order valence-electron chi connectivity index (χ3n) is 4.13. The fourth-order valence-electron chi connectivity index (χ4n) is 2.66. The number of hydrogen-bond donors (Lipinski definition) is 2. The molecule has 2 heteroatoms. The molecule has 0 aromatic heterocycles. The Balaban J connectivity index is 2.24. The molecule has 0 aliphatic rings. The highest BCUT2D eigenvalue weighted by Crippen LogP contribution is 2.35. The van der Waals surface area contributed by atoms with E-state index in [4.69, 9.17) is 0 Å². The van der Waals surface area contributed by atoms with Gasteiger partial charge in [0.15, 0.2) is 0 Å². The van der Waals surface area contributed by atoms with Gasteiger partial charge in [-0.25, -0.2) is 0 Å². The maximum Gasteiger partial charge on any atom is 0.130 e. The van der Waals surface area contributed by atoms with Crippen LogP contribution < -0.4 is 5.32 Å². The lowest BCUT2D eigenvalue weighted by atomic mass is 9.93. The monoisotopic (exact) mass is 298 g/mol. The minimum absolute atomic E-state index is 0.324. The van der Waals surface area contributed by atoms with Crippen LogP contribution in [0.3, 0.4) is 0 Å². The first-order valence-electron chi connectivity index (χ1n) is 8.14. The highest BCUT2D eigenvalue weighted by atomic mass is 16.3. The Morgan fingerprint density at radius 2 is 1.41 bits per heavy atom. The summed E-state index contributed by atoms with van der Waals surface area (Å²) < 4.78 is 0. The van der Waals surface area contributed by atoms with Crippen LogP contribution in [0.5, 0.6) is 5.75 Å². The van der Waals surface area contributed by atoms with E-state index < -0.39 is 0 Å². The number of phenols is 1. The SMILES string of the molecule is Cc1ccc(C[NH2+]c2cc(C(C)C)c(O)c(C(C)C)c2)cc1. The van der Waals surface area contributed by atoms with Gasteiger partial charge in [-0.05, 0) is 18.8 Å². The summed E-state index contributed by atoms with van der Waals surface area (Å²) in [5.41, 5.74) is 5.89. The van der Waals surface area contributed by atoms with Crippen LogP contribution in [0.1, 0.15) is 61.8 Å². The van der Waals surface area contributed by atoms with E-state index in [0.29, 0.717) is 17.6 Å². The van der Waals surface area contributed by atoms with Gasteiger partial charge in [0, 0.05) is 28.8 Å². The predicted molar refractivity (Wildman–Crippen MR) is 92.8 cm³/mol. The molecular weight excluding hydrogens is 270 g/mol. The average Bonchev–Trinajstić information content (AvgIpc) is 2.47. The highest BCUT2D eigenvalue weighted by Gasteiger charge is 2.16. The fraction of sp³-hybridized carbons (Fsp3) is 0.400. The lowest BCUT2D eigenvalue weighted by Crippen LogP contribution is -2.76. The van der Waals surface area contributed by atoms with Crippen molar-refractivity contribution >= 4 is 5.69 Å². The van der Waals surface area contributed by atoms with Crippen LogP contribution in [0.4, 0.5) is 5.69 Å². The number of phenolic OH excluding ortho intramolecular Hbond substituents is 1. The Hall–Kier alpha value is -1.80. The van der Waals surface area contributed by atoms with Gasteiger partial charge in [-0.15, -0.1) is 0 Å². The summed E-state index contributed by atoms with van der Waals surface area (Å²) in [6, 6.07) is 12.9. The molecular formula is C20H28NO+. The molecule has 0 spiro atoms. The minimum Gasteiger partial charge on any atom is -0.507 e. The number of quaternary nitrogens is 1. The molecule has 0 aliphatic heterocycles. The second-order valence-electron chi connectivity index (χ2n) is 6.75. The first-order valence-corrected chi connectivity index (χ1v) is 8.14. The number of nitrogens with two attached hydrogens (primary N) is 1. The molecule has 118 valence electrons. The third-order valence-corrected chi connectivity index (χ3v) is 4.13. The van der Waals surface area contributed by atoms with Gasteiger partial charge >= 0.3 is 0 Å². The Labute approximate surface area is 134 Å². The predicted octanol–water partition coefficient (Wildman–Crippen LogP) is 4.34. The molecule has 0 heterocycles. The number of benzene rings is 2. The van der Waals surface area contributed by atoms with Crippen LogP contribution in [-0.4, -0.2) is 5.11 Å². The molecule has 0 amide bonds. The van der Waals surface area contributed by atoms with Gasteiger partial charge in [0.25, 0.3) is 0 Å². The van der Waals surface area contributed by atoms with Crippen LogP contribution in [0.15, 0.2) is 36.4 Å². The first-order chi connectivity index (χ1) is 10.4. The Bertz CT molecular complexity index is 598. The van der Waals surface area contributed by atoms with Crippen molar-refractivity contribution in [2.75, 3.05) is 0 Å². The number of aromatic hydroxyl groups is 1. The molecule has 0 saturated carbocycles. The van der Waals surface area contributed by atoms with E-state index in [1.165, 1.54) is 16.8 Å². The molecule has 0 atom stereocenters. The van der Waals surface area contributed by atoms with Crippen molar-refractivity contribution in [2.45, 2.75) is 53.0 Å². The van der Waals surface area contributed by atoms with Crippen LogP contribution in [0.25, 0.3) is 0 Å². The van der Waals surface area contributed by atoms with Crippen LogP contribution in [0.2, 0.25) is 0 Å². The van der Waals surface area contributed by atoms with Crippen molar-refractivity contribution in [2.24, 2.45) is 0 Å². The molecule has 0 bridgehead atoms. The molecule has 3 N–H and O–H groups in total. The summed E-state index contributed by atoms with van der Waals surface area (Å²) in [6.45, 7) is 11.5. The van der Waals surface area contributed by atoms with Crippen LogP contribution in [-0.2, 0) is 6.54 Å². The topological polar surface area (TPSA) is 36.8 Å². The third kappa shape index (κ3) is 3.89. The van der Waals surface area contributed by atoms with Gasteiger partial charge in [0.05, 0.1) is 0 Å². The van der Waals surface area contributed by atoms with E-state index in [-0.39, 0.29) is 0 Å². The number of rotatable bonds is 5. The number of aryl methyl sites for hydroxylation is 1. The quantitative estimate of drug-likeness (QED) is 0.625. The van der Waals surface area contributed by atoms with Gasteiger partial charge in [-0.2, -0.15) is 0 Å². The fourth-order valence-corrected chi connectivity index (χ4v) is 2.66. The maximum absolute atomic E-state index is 10.5. The van der Waals surface area contributed by atoms with E-state index in [1.807, 2.05) is 0 Å². The highest BCUT2D eigenvalue weighted by molar-refractivity contribution is 5.51. The summed E-state index contributed by atoms with van der Waals surface area (Å²) in [5.74, 6) is 1.12. The minimum atomic E-state index is 0.324. The van der Waals surface area contributed by atoms with Crippen LogP contribution >= 0.6 is 0 Å². The number of hydrogen-bond acceptors (Lipinski definition) is 1. The molecule has 0 fully saturated rings. The molecule has 2 rings (SSSR count). The van der Waals surface area contributed by atoms with Gasteiger partial charge in [-0.1, -0.05) is 57.5 Å². The first kappa shape index (κ1) is 16.6. The second-order valence-corrected chi connectivity index (χ2v) is 6.75. The zero-order valence-electron chi connectivity index (χ0n) is 14.4. The lowest BCUT2D eigenvalue weighted by molar-refractivity contribution is -0.588. The van der Waals surface area contributed by atoms with Crippen molar-refractivity contribution < 1.29 is 10.4 Å². The molecule has 22 heavy (non-hydrogen) atoms. The zero-order chi connectivity index (χ0) is 16.3. The van der Waals surface area contributed by atoms with Crippen molar-refractivity contribution in [1.29, 1.82) is 0 Å². The van der Waals surface area contributed by atoms with Crippen molar-refractivity contribution in [3.05, 3.63) is 58.7 Å². The van der Waals surface area contributed by atoms with Gasteiger partial charge in [-0.3, -0.25) is 0 Å². The molecule has 2 aromatic rings. The molecule has 2 nitrogen and oxygen atoms in total. The van der Waals surface area contributed by atoms with E-state index in [0.717, 1.165) is 17.7 Å². The lowest BCUT2D eigenvalue weighted by Gasteiger charge is -2.16. The largest absolute Gasteiger partial charge is 0.507 e. The van der Waals surface area contributed by atoms with E-state index in [1.54, 1.807) is 0 Å². The standard InChI is InChI=1S/C20H27NO/c1-13(2)18-10-17(11-19(14(3)4)20(18)22)21-12-16-8-6-15(5)7-9-16/h6-11,13-14,21-22H,12H2,1-5H3/p+1. The van der Waals surface area contributed by atoms with Crippen LogP contribution in [0, 0.1) is 6.92 Å². The molecule has 0 aliphatic carbocycles. The van der Waals surface area contributed by atoms with Gasteiger partial charge in [0.1, 0.15) is 18.0 Å². The Morgan fingerprint density at radius 3 is 1.86 bits per heavy atom. The summed E-state index contributed by atoms with van der Waals surface area (Å²) in [6.07, 6.45) is 0. The summed E-state index contributed by atoms with van der Waals surface area (Å²) in [5, 5.41) is 12.7. The molecule has 0 unspecified atom stereocenters. The Kier molecular flexibility index (Phi) is 5.25. The zero-order valence-corrected chi connectivity index (χ0v) is 14.4. The van der Waals surface area contributed by atoms with Gasteiger partial charge in [0.2, 0.25) is 0 Å². The maximum atomic E-state index is 10.5. The average molecular weight is 298 g/mol. The smallest absolute Gasteiger partial charge is 0.130 e. The summed E-state index contributed by atoms with van der Waals surface area (Å²) in [4.78, 5) is 0. The van der Waals surface area contributed by atoms with Crippen molar-refractivity contribution in [3.63, 3.8) is 0 Å². The molecule has 0 radical (unpaired) electrons.